The smallest absolute Gasteiger partial charge is 0.150 e. The third-order valence-corrected chi connectivity index (χ3v) is 1.80. The van der Waals surface area contributed by atoms with E-state index in [1.54, 1.807) is 0 Å². The normalized spacial score (nSPS) is 10.2. The Kier molecular flexibility index (Phi) is 3.21. The van der Waals surface area contributed by atoms with Gasteiger partial charge in [0, 0.05) is 5.57 Å². The first kappa shape index (κ1) is 9.46. The number of hydrogen-bond acceptors (Lipinski definition) is 1. The minimum Gasteiger partial charge on any atom is -0.298 e. The summed E-state index contributed by atoms with van der Waals surface area (Å²) in [5.41, 5.74) is 2.45. The van der Waals surface area contributed by atoms with Gasteiger partial charge in [0.15, 0.2) is 0 Å². The predicted molar refractivity (Wildman–Crippen MR) is 56.2 cm³/mol. The zero-order valence-corrected chi connectivity index (χ0v) is 7.66. The van der Waals surface area contributed by atoms with Crippen molar-refractivity contribution in [2.24, 2.45) is 0 Å². The van der Waals surface area contributed by atoms with Crippen LogP contribution in [0.4, 0.5) is 0 Å². The van der Waals surface area contributed by atoms with Crippen molar-refractivity contribution in [2.45, 2.75) is 6.92 Å². The van der Waals surface area contributed by atoms with Crippen LogP contribution in [-0.2, 0) is 4.79 Å². The Balaban J connectivity index is 3.18. The molecular weight excluding hydrogens is 160 g/mol. The summed E-state index contributed by atoms with van der Waals surface area (Å²) in [6.45, 7) is 5.63. The molecule has 0 fully saturated rings. The lowest BCUT2D eigenvalue weighted by molar-refractivity contribution is -0.103. The molecule has 0 saturated heterocycles. The van der Waals surface area contributed by atoms with Crippen LogP contribution in [0, 0.1) is 0 Å². The second-order valence-electron chi connectivity index (χ2n) is 2.73. The Morgan fingerprint density at radius 2 is 2.08 bits per heavy atom. The second kappa shape index (κ2) is 4.41. The molecule has 0 aromatic heterocycles. The van der Waals surface area contributed by atoms with Gasteiger partial charge in [0.1, 0.15) is 6.29 Å². The Labute approximate surface area is 78.4 Å². The maximum Gasteiger partial charge on any atom is 0.150 e. The zero-order valence-electron chi connectivity index (χ0n) is 7.66. The largest absolute Gasteiger partial charge is 0.298 e. The zero-order chi connectivity index (χ0) is 9.68. The van der Waals surface area contributed by atoms with Gasteiger partial charge < -0.3 is 0 Å². The van der Waals surface area contributed by atoms with Gasteiger partial charge in [0.05, 0.1) is 0 Å². The quantitative estimate of drug-likeness (QED) is 0.506. The number of aldehydes is 1. The van der Waals surface area contributed by atoms with Gasteiger partial charge in [-0.3, -0.25) is 4.79 Å². The minimum atomic E-state index is 0.522. The van der Waals surface area contributed by atoms with Crippen LogP contribution < -0.4 is 0 Å². The van der Waals surface area contributed by atoms with Crippen LogP contribution in [0.5, 0.6) is 0 Å². The Morgan fingerprint density at radius 1 is 1.38 bits per heavy atom. The predicted octanol–water partition coefficient (Wildman–Crippen LogP) is 2.93. The third-order valence-electron chi connectivity index (χ3n) is 1.80. The molecule has 0 spiro atoms. The molecule has 0 unspecified atom stereocenters. The first-order chi connectivity index (χ1) is 6.29. The fourth-order valence-corrected chi connectivity index (χ4v) is 1.18. The van der Waals surface area contributed by atoms with Crippen LogP contribution in [0.15, 0.2) is 36.9 Å². The molecule has 0 radical (unpaired) electrons. The van der Waals surface area contributed by atoms with Crippen molar-refractivity contribution in [1.82, 2.24) is 0 Å². The van der Waals surface area contributed by atoms with Crippen molar-refractivity contribution in [2.75, 3.05) is 0 Å². The highest BCUT2D eigenvalue weighted by atomic mass is 16.1. The van der Waals surface area contributed by atoms with Crippen LogP contribution in [0.3, 0.4) is 0 Å². The van der Waals surface area contributed by atoms with Crippen molar-refractivity contribution >= 4 is 17.9 Å². The standard InChI is InChI=1S/C12H12O/c1-3-6-11-7-4-5-8-12(11)10(2)9-13/h3-9H,2H2,1H3/b6-3-. The molecule has 0 atom stereocenters. The van der Waals surface area contributed by atoms with E-state index in [-0.39, 0.29) is 0 Å². The Bertz CT molecular complexity index is 348. The van der Waals surface area contributed by atoms with E-state index in [4.69, 9.17) is 0 Å². The number of allylic oxidation sites excluding steroid dienone is 2. The van der Waals surface area contributed by atoms with Crippen molar-refractivity contribution < 1.29 is 4.79 Å². The van der Waals surface area contributed by atoms with Gasteiger partial charge in [-0.15, -0.1) is 0 Å². The molecule has 0 heterocycles. The molecule has 1 nitrogen and oxygen atoms in total. The summed E-state index contributed by atoms with van der Waals surface area (Å²) in [4.78, 5) is 10.5. The fraction of sp³-hybridized carbons (Fsp3) is 0.0833. The lowest BCUT2D eigenvalue weighted by Gasteiger charge is -2.02. The van der Waals surface area contributed by atoms with Crippen LogP contribution in [0.1, 0.15) is 18.1 Å². The first-order valence-electron chi connectivity index (χ1n) is 4.15. The van der Waals surface area contributed by atoms with E-state index in [1.807, 2.05) is 43.3 Å². The summed E-state index contributed by atoms with van der Waals surface area (Å²) in [7, 11) is 0. The summed E-state index contributed by atoms with van der Waals surface area (Å²) >= 11 is 0. The third kappa shape index (κ3) is 2.15. The number of benzene rings is 1. The summed E-state index contributed by atoms with van der Waals surface area (Å²) in [6.07, 6.45) is 4.68. The molecule has 1 rings (SSSR count). The van der Waals surface area contributed by atoms with Gasteiger partial charge in [-0.2, -0.15) is 0 Å². The highest BCUT2D eigenvalue weighted by Gasteiger charge is 2.00. The highest BCUT2D eigenvalue weighted by molar-refractivity contribution is 6.07. The topological polar surface area (TPSA) is 17.1 Å². The van der Waals surface area contributed by atoms with Gasteiger partial charge in [0.25, 0.3) is 0 Å². The van der Waals surface area contributed by atoms with Crippen molar-refractivity contribution in [3.05, 3.63) is 48.0 Å². The van der Waals surface area contributed by atoms with Crippen molar-refractivity contribution in [3.63, 3.8) is 0 Å². The van der Waals surface area contributed by atoms with Crippen LogP contribution in [0.25, 0.3) is 11.6 Å². The molecule has 1 aromatic rings. The maximum atomic E-state index is 10.5. The first-order valence-corrected chi connectivity index (χ1v) is 4.15. The average Bonchev–Trinajstić information content (AvgIpc) is 2.18. The molecule has 1 aromatic carbocycles. The molecule has 0 aliphatic heterocycles. The monoisotopic (exact) mass is 172 g/mol. The fourth-order valence-electron chi connectivity index (χ4n) is 1.18. The molecule has 1 heteroatoms. The van der Waals surface area contributed by atoms with E-state index < -0.39 is 0 Å². The Hall–Kier alpha value is -1.63. The van der Waals surface area contributed by atoms with Crippen molar-refractivity contribution in [1.29, 1.82) is 0 Å². The summed E-state index contributed by atoms with van der Waals surface area (Å²) in [6, 6.07) is 7.70. The number of rotatable bonds is 3. The van der Waals surface area contributed by atoms with Gasteiger partial charge >= 0.3 is 0 Å². The minimum absolute atomic E-state index is 0.522. The van der Waals surface area contributed by atoms with E-state index in [0.29, 0.717) is 5.57 Å². The number of carbonyl (C=O) groups excluding carboxylic acids is 1. The SMILES string of the molecule is C=C(C=O)c1ccccc1/C=C\C. The molecule has 0 amide bonds. The van der Waals surface area contributed by atoms with E-state index in [2.05, 4.69) is 6.58 Å². The maximum absolute atomic E-state index is 10.5. The Morgan fingerprint density at radius 3 is 2.69 bits per heavy atom. The molecule has 13 heavy (non-hydrogen) atoms. The van der Waals surface area contributed by atoms with E-state index in [1.165, 1.54) is 0 Å². The highest BCUT2D eigenvalue weighted by Crippen LogP contribution is 2.17. The second-order valence-corrected chi connectivity index (χ2v) is 2.73. The summed E-state index contributed by atoms with van der Waals surface area (Å²) in [5.74, 6) is 0. The van der Waals surface area contributed by atoms with Gasteiger partial charge in [0.2, 0.25) is 0 Å². The molecule has 0 aliphatic rings. The average molecular weight is 172 g/mol. The summed E-state index contributed by atoms with van der Waals surface area (Å²) < 4.78 is 0. The molecule has 0 aliphatic carbocycles. The van der Waals surface area contributed by atoms with Gasteiger partial charge in [-0.1, -0.05) is 43.0 Å². The molecule has 0 N–H and O–H groups in total. The number of hydrogen-bond donors (Lipinski definition) is 0. The van der Waals surface area contributed by atoms with E-state index in [0.717, 1.165) is 17.4 Å². The van der Waals surface area contributed by atoms with Gasteiger partial charge in [-0.25, -0.2) is 0 Å². The van der Waals surface area contributed by atoms with Gasteiger partial charge in [-0.05, 0) is 18.1 Å². The summed E-state index contributed by atoms with van der Waals surface area (Å²) in [5, 5.41) is 0. The lowest BCUT2D eigenvalue weighted by atomic mass is 10.0. The molecule has 0 saturated carbocycles. The van der Waals surface area contributed by atoms with E-state index >= 15 is 0 Å². The molecule has 0 bridgehead atoms. The van der Waals surface area contributed by atoms with E-state index in [9.17, 15) is 4.79 Å². The van der Waals surface area contributed by atoms with Crippen molar-refractivity contribution in [3.8, 4) is 0 Å². The lowest BCUT2D eigenvalue weighted by Crippen LogP contribution is -1.87. The van der Waals surface area contributed by atoms with Crippen LogP contribution in [-0.4, -0.2) is 6.29 Å². The van der Waals surface area contributed by atoms with Crippen LogP contribution >= 0.6 is 0 Å². The molecular formula is C12H12O. The number of carbonyl (C=O) groups is 1. The van der Waals surface area contributed by atoms with Crippen LogP contribution in [0.2, 0.25) is 0 Å². The molecule has 66 valence electrons.